The van der Waals surface area contributed by atoms with E-state index in [1.54, 1.807) is 0 Å². The molecule has 0 aliphatic rings. The van der Waals surface area contributed by atoms with Crippen LogP contribution in [0.5, 0.6) is 0 Å². The zero-order valence-corrected chi connectivity index (χ0v) is 10.4. The van der Waals surface area contributed by atoms with Crippen molar-refractivity contribution >= 4 is 5.69 Å². The van der Waals surface area contributed by atoms with E-state index in [2.05, 4.69) is 32.3 Å². The summed E-state index contributed by atoms with van der Waals surface area (Å²) in [5.74, 6) is 0. The number of aliphatic hydroxyl groups is 1. The quantitative estimate of drug-likeness (QED) is 0.787. The highest BCUT2D eigenvalue weighted by atomic mass is 16.3. The Labute approximate surface area is 98.2 Å². The van der Waals surface area contributed by atoms with E-state index in [1.165, 1.54) is 0 Å². The lowest BCUT2D eigenvalue weighted by atomic mass is 10.0. The summed E-state index contributed by atoms with van der Waals surface area (Å²) in [6, 6.07) is 7.94. The molecule has 0 aliphatic heterocycles. The number of rotatable bonds is 4. The molecule has 16 heavy (non-hydrogen) atoms. The average molecular weight is 219 g/mol. The summed E-state index contributed by atoms with van der Waals surface area (Å²) in [6.45, 7) is 11.1. The third kappa shape index (κ3) is 2.86. The van der Waals surface area contributed by atoms with Gasteiger partial charge in [0, 0.05) is 23.3 Å². The Morgan fingerprint density at radius 2 is 1.94 bits per heavy atom. The molecule has 2 nitrogen and oxygen atoms in total. The third-order valence-corrected chi connectivity index (χ3v) is 2.57. The predicted molar refractivity (Wildman–Crippen MR) is 69.7 cm³/mol. The van der Waals surface area contributed by atoms with Crippen molar-refractivity contribution in [3.8, 4) is 0 Å². The Balaban J connectivity index is 3.15. The zero-order valence-electron chi connectivity index (χ0n) is 10.4. The maximum atomic E-state index is 9.35. The van der Waals surface area contributed by atoms with Gasteiger partial charge in [-0.25, -0.2) is 0 Å². The van der Waals surface area contributed by atoms with Crippen molar-refractivity contribution in [2.75, 3.05) is 11.4 Å². The van der Waals surface area contributed by atoms with Crippen molar-refractivity contribution in [2.24, 2.45) is 0 Å². The topological polar surface area (TPSA) is 23.5 Å². The Morgan fingerprint density at radius 3 is 2.44 bits per heavy atom. The van der Waals surface area contributed by atoms with Crippen LogP contribution in [0.4, 0.5) is 5.69 Å². The first-order valence-electron chi connectivity index (χ1n) is 5.58. The van der Waals surface area contributed by atoms with Crippen LogP contribution in [-0.4, -0.2) is 17.2 Å². The van der Waals surface area contributed by atoms with E-state index < -0.39 is 0 Å². The molecule has 0 aromatic heterocycles. The second-order valence-corrected chi connectivity index (χ2v) is 4.86. The van der Waals surface area contributed by atoms with Crippen LogP contribution in [-0.2, 0) is 6.61 Å². The van der Waals surface area contributed by atoms with Crippen LogP contribution in [0.2, 0.25) is 0 Å². The molecule has 1 aromatic carbocycles. The first-order chi connectivity index (χ1) is 7.50. The van der Waals surface area contributed by atoms with Gasteiger partial charge in [0.05, 0.1) is 6.61 Å². The van der Waals surface area contributed by atoms with Crippen molar-refractivity contribution in [1.82, 2.24) is 0 Å². The van der Waals surface area contributed by atoms with Gasteiger partial charge in [-0.05, 0) is 26.8 Å². The lowest BCUT2D eigenvalue weighted by Gasteiger charge is -2.38. The largest absolute Gasteiger partial charge is 0.392 e. The van der Waals surface area contributed by atoms with Crippen molar-refractivity contribution in [3.05, 3.63) is 42.5 Å². The molecule has 1 aromatic rings. The van der Waals surface area contributed by atoms with Crippen molar-refractivity contribution in [2.45, 2.75) is 32.9 Å². The summed E-state index contributed by atoms with van der Waals surface area (Å²) in [4.78, 5) is 2.24. The van der Waals surface area contributed by atoms with E-state index in [9.17, 15) is 5.11 Å². The highest BCUT2D eigenvalue weighted by Gasteiger charge is 2.22. The van der Waals surface area contributed by atoms with Crippen molar-refractivity contribution in [1.29, 1.82) is 0 Å². The molecule has 88 valence electrons. The maximum absolute atomic E-state index is 9.35. The molecule has 1 rings (SSSR count). The summed E-state index contributed by atoms with van der Waals surface area (Å²) < 4.78 is 0. The van der Waals surface area contributed by atoms with E-state index in [4.69, 9.17) is 0 Å². The molecule has 0 spiro atoms. The van der Waals surface area contributed by atoms with Crippen LogP contribution >= 0.6 is 0 Å². The molecule has 0 fully saturated rings. The number of benzene rings is 1. The van der Waals surface area contributed by atoms with Gasteiger partial charge >= 0.3 is 0 Å². The molecule has 0 aliphatic carbocycles. The molecular formula is C14H21NO. The third-order valence-electron chi connectivity index (χ3n) is 2.57. The number of nitrogens with zero attached hydrogens (tertiary/aromatic N) is 1. The van der Waals surface area contributed by atoms with E-state index in [1.807, 2.05) is 30.3 Å². The molecule has 0 saturated heterocycles. The monoisotopic (exact) mass is 219 g/mol. The standard InChI is InChI=1S/C14H21NO/c1-5-10-15(14(2,3)4)13-9-7-6-8-12(13)11-16/h5-9,16H,1,10-11H2,2-4H3. The first kappa shape index (κ1) is 12.8. The van der Waals surface area contributed by atoms with Crippen LogP contribution in [0.15, 0.2) is 36.9 Å². The minimum atomic E-state index is 0.0134. The van der Waals surface area contributed by atoms with Crippen LogP contribution in [0.25, 0.3) is 0 Å². The molecule has 0 atom stereocenters. The molecule has 0 amide bonds. The fourth-order valence-corrected chi connectivity index (χ4v) is 1.77. The SMILES string of the molecule is C=CCN(c1ccccc1CO)C(C)(C)C. The summed E-state index contributed by atoms with van der Waals surface area (Å²) in [5, 5.41) is 9.35. The molecule has 2 heteroatoms. The van der Waals surface area contributed by atoms with Gasteiger partial charge in [0.25, 0.3) is 0 Å². The van der Waals surface area contributed by atoms with Crippen LogP contribution in [0.3, 0.4) is 0 Å². The van der Waals surface area contributed by atoms with E-state index in [0.717, 1.165) is 17.8 Å². The molecule has 0 unspecified atom stereocenters. The minimum absolute atomic E-state index is 0.0134. The minimum Gasteiger partial charge on any atom is -0.392 e. The van der Waals surface area contributed by atoms with Crippen LogP contribution < -0.4 is 4.90 Å². The Kier molecular flexibility index (Phi) is 4.13. The number of hydrogen-bond donors (Lipinski definition) is 1. The van der Waals surface area contributed by atoms with Gasteiger partial charge in [0.15, 0.2) is 0 Å². The number of hydrogen-bond acceptors (Lipinski definition) is 2. The number of anilines is 1. The fraction of sp³-hybridized carbons (Fsp3) is 0.429. The molecule has 0 radical (unpaired) electrons. The summed E-state index contributed by atoms with van der Waals surface area (Å²) in [6.07, 6.45) is 1.89. The number of aliphatic hydroxyl groups excluding tert-OH is 1. The Bertz CT molecular complexity index is 352. The van der Waals surface area contributed by atoms with E-state index >= 15 is 0 Å². The Hall–Kier alpha value is -1.28. The number of para-hydroxylation sites is 1. The predicted octanol–water partition coefficient (Wildman–Crippen LogP) is 2.97. The smallest absolute Gasteiger partial charge is 0.0702 e. The Morgan fingerprint density at radius 1 is 1.31 bits per heavy atom. The first-order valence-corrected chi connectivity index (χ1v) is 5.58. The van der Waals surface area contributed by atoms with Gasteiger partial charge in [0.1, 0.15) is 0 Å². The van der Waals surface area contributed by atoms with Crippen LogP contribution in [0.1, 0.15) is 26.3 Å². The van der Waals surface area contributed by atoms with Crippen LogP contribution in [0, 0.1) is 0 Å². The second kappa shape index (κ2) is 5.17. The van der Waals surface area contributed by atoms with E-state index in [-0.39, 0.29) is 12.1 Å². The molecular weight excluding hydrogens is 198 g/mol. The van der Waals surface area contributed by atoms with Gasteiger partial charge in [-0.3, -0.25) is 0 Å². The fourth-order valence-electron chi connectivity index (χ4n) is 1.77. The molecule has 0 bridgehead atoms. The van der Waals surface area contributed by atoms with Gasteiger partial charge in [0.2, 0.25) is 0 Å². The summed E-state index contributed by atoms with van der Waals surface area (Å²) >= 11 is 0. The zero-order chi connectivity index (χ0) is 12.2. The summed E-state index contributed by atoms with van der Waals surface area (Å²) in [5.41, 5.74) is 2.05. The lowest BCUT2D eigenvalue weighted by molar-refractivity contribution is 0.281. The molecule has 0 saturated carbocycles. The molecule has 0 heterocycles. The van der Waals surface area contributed by atoms with Gasteiger partial charge in [-0.15, -0.1) is 6.58 Å². The second-order valence-electron chi connectivity index (χ2n) is 4.86. The molecule has 1 N–H and O–H groups in total. The van der Waals surface area contributed by atoms with Gasteiger partial charge in [-0.1, -0.05) is 24.3 Å². The van der Waals surface area contributed by atoms with Gasteiger partial charge < -0.3 is 10.0 Å². The normalized spacial score (nSPS) is 11.2. The maximum Gasteiger partial charge on any atom is 0.0702 e. The summed E-state index contributed by atoms with van der Waals surface area (Å²) in [7, 11) is 0. The van der Waals surface area contributed by atoms with Crippen molar-refractivity contribution < 1.29 is 5.11 Å². The van der Waals surface area contributed by atoms with Crippen molar-refractivity contribution in [3.63, 3.8) is 0 Å². The highest BCUT2D eigenvalue weighted by molar-refractivity contribution is 5.55. The average Bonchev–Trinajstić information content (AvgIpc) is 2.24. The van der Waals surface area contributed by atoms with Gasteiger partial charge in [-0.2, -0.15) is 0 Å². The highest BCUT2D eigenvalue weighted by Crippen LogP contribution is 2.27. The lowest BCUT2D eigenvalue weighted by Crippen LogP contribution is -2.42. The van der Waals surface area contributed by atoms with E-state index in [0.29, 0.717) is 0 Å².